The standard InChI is InChI=1S/C15H33N3/c1-5-6-7-9-15(3,13-16)18-11-8-10-17(4)12-14(18)2/h14H,5-13,16H2,1-4H3. The van der Waals surface area contributed by atoms with Crippen LogP contribution in [-0.2, 0) is 0 Å². The maximum absolute atomic E-state index is 6.11. The number of unbranched alkanes of at least 4 members (excludes halogenated alkanes) is 2. The fourth-order valence-corrected chi connectivity index (χ4v) is 3.29. The molecule has 1 heterocycles. The molecule has 0 radical (unpaired) electrons. The molecule has 1 fully saturated rings. The van der Waals surface area contributed by atoms with Crippen LogP contribution in [0, 0.1) is 0 Å². The molecular formula is C15H33N3. The average molecular weight is 255 g/mol. The van der Waals surface area contributed by atoms with Crippen molar-refractivity contribution in [2.45, 2.75) is 64.5 Å². The van der Waals surface area contributed by atoms with Gasteiger partial charge in [-0.2, -0.15) is 0 Å². The second kappa shape index (κ2) is 7.46. The van der Waals surface area contributed by atoms with E-state index in [9.17, 15) is 0 Å². The van der Waals surface area contributed by atoms with Crippen LogP contribution < -0.4 is 5.73 Å². The summed E-state index contributed by atoms with van der Waals surface area (Å²) in [4.78, 5) is 5.12. The van der Waals surface area contributed by atoms with Crippen molar-refractivity contribution in [2.75, 3.05) is 33.2 Å². The summed E-state index contributed by atoms with van der Waals surface area (Å²) < 4.78 is 0. The van der Waals surface area contributed by atoms with Crippen LogP contribution in [0.1, 0.15) is 52.9 Å². The zero-order valence-electron chi connectivity index (χ0n) is 12.9. The Kier molecular flexibility index (Phi) is 6.61. The highest BCUT2D eigenvalue weighted by Crippen LogP contribution is 2.26. The van der Waals surface area contributed by atoms with Gasteiger partial charge in [0.15, 0.2) is 0 Å². The Morgan fingerprint density at radius 2 is 2.00 bits per heavy atom. The number of nitrogens with zero attached hydrogens (tertiary/aromatic N) is 2. The Morgan fingerprint density at radius 3 is 2.61 bits per heavy atom. The lowest BCUT2D eigenvalue weighted by Crippen LogP contribution is -2.56. The van der Waals surface area contributed by atoms with E-state index in [0.717, 1.165) is 6.54 Å². The van der Waals surface area contributed by atoms with Gasteiger partial charge in [0.1, 0.15) is 0 Å². The Hall–Kier alpha value is -0.120. The van der Waals surface area contributed by atoms with Crippen molar-refractivity contribution in [3.63, 3.8) is 0 Å². The minimum atomic E-state index is 0.194. The molecule has 1 rings (SSSR count). The van der Waals surface area contributed by atoms with Crippen LogP contribution in [0.2, 0.25) is 0 Å². The monoisotopic (exact) mass is 255 g/mol. The van der Waals surface area contributed by atoms with Gasteiger partial charge in [-0.15, -0.1) is 0 Å². The Bertz CT molecular complexity index is 232. The van der Waals surface area contributed by atoms with Crippen LogP contribution in [0.3, 0.4) is 0 Å². The van der Waals surface area contributed by atoms with Gasteiger partial charge in [-0.3, -0.25) is 4.90 Å². The first-order chi connectivity index (χ1) is 8.53. The van der Waals surface area contributed by atoms with E-state index < -0.39 is 0 Å². The summed E-state index contributed by atoms with van der Waals surface area (Å²) in [7, 11) is 2.23. The molecule has 3 nitrogen and oxygen atoms in total. The van der Waals surface area contributed by atoms with Crippen molar-refractivity contribution in [3.05, 3.63) is 0 Å². The number of hydrogen-bond donors (Lipinski definition) is 1. The van der Waals surface area contributed by atoms with Gasteiger partial charge in [-0.05, 0) is 40.3 Å². The van der Waals surface area contributed by atoms with Gasteiger partial charge < -0.3 is 10.6 Å². The number of nitrogens with two attached hydrogens (primary N) is 1. The zero-order chi connectivity index (χ0) is 13.6. The molecule has 0 amide bonds. The molecule has 1 aliphatic heterocycles. The molecular weight excluding hydrogens is 222 g/mol. The number of hydrogen-bond acceptors (Lipinski definition) is 3. The smallest absolute Gasteiger partial charge is 0.0306 e. The molecule has 0 aromatic rings. The van der Waals surface area contributed by atoms with E-state index in [2.05, 4.69) is 37.6 Å². The molecule has 2 N–H and O–H groups in total. The summed E-state index contributed by atoms with van der Waals surface area (Å²) >= 11 is 0. The summed E-state index contributed by atoms with van der Waals surface area (Å²) in [6.45, 7) is 11.4. The molecule has 0 aromatic heterocycles. The third kappa shape index (κ3) is 4.22. The van der Waals surface area contributed by atoms with Crippen molar-refractivity contribution >= 4 is 0 Å². The molecule has 0 aromatic carbocycles. The second-order valence-electron chi connectivity index (χ2n) is 6.32. The maximum Gasteiger partial charge on any atom is 0.0306 e. The van der Waals surface area contributed by atoms with Gasteiger partial charge in [-0.25, -0.2) is 0 Å². The first-order valence-electron chi connectivity index (χ1n) is 7.69. The van der Waals surface area contributed by atoms with E-state index in [4.69, 9.17) is 5.73 Å². The van der Waals surface area contributed by atoms with Crippen LogP contribution in [-0.4, -0.2) is 54.6 Å². The van der Waals surface area contributed by atoms with Crippen LogP contribution in [0.4, 0.5) is 0 Å². The van der Waals surface area contributed by atoms with Crippen molar-refractivity contribution in [2.24, 2.45) is 5.73 Å². The van der Waals surface area contributed by atoms with Gasteiger partial charge in [0.05, 0.1) is 0 Å². The quantitative estimate of drug-likeness (QED) is 0.739. The second-order valence-corrected chi connectivity index (χ2v) is 6.32. The van der Waals surface area contributed by atoms with Crippen LogP contribution in [0.15, 0.2) is 0 Å². The third-order valence-corrected chi connectivity index (χ3v) is 4.50. The third-order valence-electron chi connectivity index (χ3n) is 4.50. The highest BCUT2D eigenvalue weighted by molar-refractivity contribution is 4.92. The van der Waals surface area contributed by atoms with Crippen molar-refractivity contribution in [3.8, 4) is 0 Å². The van der Waals surface area contributed by atoms with E-state index in [1.807, 2.05) is 0 Å². The molecule has 108 valence electrons. The normalized spacial score (nSPS) is 26.8. The summed E-state index contributed by atoms with van der Waals surface area (Å²) in [6.07, 6.45) is 6.44. The highest BCUT2D eigenvalue weighted by atomic mass is 15.3. The fraction of sp³-hybridized carbons (Fsp3) is 1.00. The average Bonchev–Trinajstić information content (AvgIpc) is 2.50. The van der Waals surface area contributed by atoms with E-state index in [1.54, 1.807) is 0 Å². The lowest BCUT2D eigenvalue weighted by atomic mass is 9.90. The van der Waals surface area contributed by atoms with E-state index in [0.29, 0.717) is 6.04 Å². The molecule has 1 saturated heterocycles. The molecule has 0 bridgehead atoms. The Balaban J connectivity index is 2.65. The highest BCUT2D eigenvalue weighted by Gasteiger charge is 2.34. The predicted octanol–water partition coefficient (Wildman–Crippen LogP) is 2.31. The molecule has 2 atom stereocenters. The summed E-state index contributed by atoms with van der Waals surface area (Å²) in [5, 5.41) is 0. The van der Waals surface area contributed by atoms with Gasteiger partial charge in [0, 0.05) is 31.2 Å². The largest absolute Gasteiger partial charge is 0.329 e. The van der Waals surface area contributed by atoms with Crippen LogP contribution in [0.5, 0.6) is 0 Å². The topological polar surface area (TPSA) is 32.5 Å². The first kappa shape index (κ1) is 15.9. The molecule has 2 unspecified atom stereocenters. The first-order valence-corrected chi connectivity index (χ1v) is 7.69. The van der Waals surface area contributed by atoms with Crippen molar-refractivity contribution in [1.29, 1.82) is 0 Å². The molecule has 0 saturated carbocycles. The molecule has 0 aliphatic carbocycles. The van der Waals surface area contributed by atoms with Gasteiger partial charge >= 0.3 is 0 Å². The Morgan fingerprint density at radius 1 is 1.28 bits per heavy atom. The van der Waals surface area contributed by atoms with Crippen molar-refractivity contribution in [1.82, 2.24) is 9.80 Å². The van der Waals surface area contributed by atoms with Gasteiger partial charge in [-0.1, -0.05) is 26.2 Å². The molecule has 3 heteroatoms. The van der Waals surface area contributed by atoms with E-state index in [-0.39, 0.29) is 5.54 Å². The molecule has 18 heavy (non-hydrogen) atoms. The lowest BCUT2D eigenvalue weighted by molar-refractivity contribution is 0.0613. The fourth-order valence-electron chi connectivity index (χ4n) is 3.29. The number of likely N-dealkylation sites (N-methyl/N-ethyl adjacent to an activating group) is 1. The lowest BCUT2D eigenvalue weighted by Gasteiger charge is -2.44. The van der Waals surface area contributed by atoms with Crippen LogP contribution in [0.25, 0.3) is 0 Å². The summed E-state index contributed by atoms with van der Waals surface area (Å²) in [5.74, 6) is 0. The predicted molar refractivity (Wildman–Crippen MR) is 79.9 cm³/mol. The summed E-state index contributed by atoms with van der Waals surface area (Å²) in [6, 6.07) is 0.618. The molecule has 0 spiro atoms. The number of rotatable bonds is 6. The Labute approximate surface area is 114 Å². The molecule has 1 aliphatic rings. The zero-order valence-corrected chi connectivity index (χ0v) is 12.9. The summed E-state index contributed by atoms with van der Waals surface area (Å²) in [5.41, 5.74) is 6.31. The van der Waals surface area contributed by atoms with E-state index >= 15 is 0 Å². The minimum Gasteiger partial charge on any atom is -0.329 e. The minimum absolute atomic E-state index is 0.194. The van der Waals surface area contributed by atoms with Gasteiger partial charge in [0.2, 0.25) is 0 Å². The SMILES string of the molecule is CCCCCC(C)(CN)N1CCCN(C)CC1C. The van der Waals surface area contributed by atoms with Gasteiger partial charge in [0.25, 0.3) is 0 Å². The van der Waals surface area contributed by atoms with Crippen molar-refractivity contribution < 1.29 is 0 Å². The maximum atomic E-state index is 6.11. The van der Waals surface area contributed by atoms with E-state index in [1.165, 1.54) is 51.7 Å². The van der Waals surface area contributed by atoms with Crippen LogP contribution >= 0.6 is 0 Å².